The smallest absolute Gasteiger partial charge is 0.255 e. The molecule has 1 aliphatic rings. The van der Waals surface area contributed by atoms with Crippen molar-refractivity contribution in [3.63, 3.8) is 0 Å². The predicted molar refractivity (Wildman–Crippen MR) is 101 cm³/mol. The molecule has 1 saturated carbocycles. The van der Waals surface area contributed by atoms with Crippen LogP contribution >= 0.6 is 0 Å². The van der Waals surface area contributed by atoms with Crippen molar-refractivity contribution in [2.24, 2.45) is 5.92 Å². The van der Waals surface area contributed by atoms with E-state index >= 15 is 0 Å². The van der Waals surface area contributed by atoms with Crippen molar-refractivity contribution < 1.29 is 14.7 Å². The van der Waals surface area contributed by atoms with E-state index in [2.05, 4.69) is 10.6 Å². The minimum atomic E-state index is -0.318. The number of phenolic OH excluding ortho intramolecular Hbond substituents is 1. The number of carbonyl (C=O) groups is 2. The van der Waals surface area contributed by atoms with Gasteiger partial charge in [0.05, 0.1) is 5.56 Å². The lowest BCUT2D eigenvalue weighted by Crippen LogP contribution is -2.28. The van der Waals surface area contributed by atoms with E-state index in [0.29, 0.717) is 6.54 Å². The largest absolute Gasteiger partial charge is 0.507 e. The van der Waals surface area contributed by atoms with Crippen LogP contribution in [0.3, 0.4) is 0 Å². The van der Waals surface area contributed by atoms with Gasteiger partial charge in [0.1, 0.15) is 5.75 Å². The number of benzene rings is 2. The number of nitrogens with one attached hydrogen (secondary N) is 2. The molecule has 0 aromatic heterocycles. The zero-order valence-electron chi connectivity index (χ0n) is 14.9. The van der Waals surface area contributed by atoms with Gasteiger partial charge in [-0.1, -0.05) is 31.5 Å². The first-order valence-electron chi connectivity index (χ1n) is 9.06. The normalized spacial score (nSPS) is 13.7. The average molecular weight is 352 g/mol. The molecule has 0 bridgehead atoms. The highest BCUT2D eigenvalue weighted by molar-refractivity contribution is 5.97. The van der Waals surface area contributed by atoms with Crippen LogP contribution in [-0.4, -0.2) is 16.9 Å². The summed E-state index contributed by atoms with van der Waals surface area (Å²) in [7, 11) is 0. The lowest BCUT2D eigenvalue weighted by Gasteiger charge is -2.24. The summed E-state index contributed by atoms with van der Waals surface area (Å²) in [5, 5.41) is 15.7. The van der Waals surface area contributed by atoms with E-state index in [1.165, 1.54) is 0 Å². The Hall–Kier alpha value is -2.82. The molecule has 2 aromatic carbocycles. The van der Waals surface area contributed by atoms with Gasteiger partial charge in [-0.25, -0.2) is 0 Å². The molecule has 1 aliphatic carbocycles. The van der Waals surface area contributed by atoms with Crippen LogP contribution in [0.2, 0.25) is 0 Å². The highest BCUT2D eigenvalue weighted by atomic mass is 16.3. The number of hydrogen-bond acceptors (Lipinski definition) is 3. The maximum Gasteiger partial charge on any atom is 0.255 e. The summed E-state index contributed by atoms with van der Waals surface area (Å²) >= 11 is 0. The van der Waals surface area contributed by atoms with Gasteiger partial charge in [-0.2, -0.15) is 0 Å². The number of carbonyl (C=O) groups excluding carboxylic acids is 2. The molecule has 0 radical (unpaired) electrons. The Morgan fingerprint density at radius 1 is 1.12 bits per heavy atom. The first-order chi connectivity index (χ1) is 12.6. The van der Waals surface area contributed by atoms with Gasteiger partial charge in [-0.05, 0) is 54.7 Å². The Bertz CT molecular complexity index is 813. The molecule has 0 unspecified atom stereocenters. The number of aromatic hydroxyl groups is 1. The molecule has 0 heterocycles. The van der Waals surface area contributed by atoms with Crippen molar-refractivity contribution in [2.45, 2.75) is 39.2 Å². The Balaban J connectivity index is 1.61. The third-order valence-corrected chi connectivity index (χ3v) is 4.84. The Kier molecular flexibility index (Phi) is 5.56. The summed E-state index contributed by atoms with van der Waals surface area (Å²) in [6.45, 7) is 2.32. The van der Waals surface area contributed by atoms with Crippen LogP contribution in [0, 0.1) is 5.92 Å². The van der Waals surface area contributed by atoms with Crippen LogP contribution in [0.15, 0.2) is 42.5 Å². The summed E-state index contributed by atoms with van der Waals surface area (Å²) < 4.78 is 0. The van der Waals surface area contributed by atoms with Crippen LogP contribution in [0.1, 0.15) is 47.7 Å². The zero-order chi connectivity index (χ0) is 18.5. The molecular formula is C21H24N2O3. The van der Waals surface area contributed by atoms with Gasteiger partial charge in [0, 0.05) is 18.2 Å². The molecular weight excluding hydrogens is 328 g/mol. The van der Waals surface area contributed by atoms with Gasteiger partial charge >= 0.3 is 0 Å². The van der Waals surface area contributed by atoms with Crippen LogP contribution in [0.5, 0.6) is 5.75 Å². The van der Waals surface area contributed by atoms with E-state index in [9.17, 15) is 14.7 Å². The molecule has 3 N–H and O–H groups in total. The number of rotatable bonds is 6. The van der Waals surface area contributed by atoms with Crippen LogP contribution in [0.25, 0.3) is 0 Å². The van der Waals surface area contributed by atoms with E-state index in [1.54, 1.807) is 18.2 Å². The van der Waals surface area contributed by atoms with Gasteiger partial charge in [0.2, 0.25) is 5.91 Å². The lowest BCUT2D eigenvalue weighted by atomic mass is 9.85. The van der Waals surface area contributed by atoms with E-state index < -0.39 is 0 Å². The molecule has 5 heteroatoms. The number of hydrogen-bond donors (Lipinski definition) is 3. The molecule has 26 heavy (non-hydrogen) atoms. The SMILES string of the molecule is CCc1ccc(O)c(C(=O)NCc2cccc(NC(=O)C3CCC3)c2)c1. The fraction of sp³-hybridized carbons (Fsp3) is 0.333. The summed E-state index contributed by atoms with van der Waals surface area (Å²) in [6, 6.07) is 12.5. The van der Waals surface area contributed by atoms with Crippen molar-refractivity contribution in [3.8, 4) is 5.75 Å². The van der Waals surface area contributed by atoms with Gasteiger partial charge in [-0.3, -0.25) is 9.59 Å². The number of aryl methyl sites for hydroxylation is 1. The van der Waals surface area contributed by atoms with Gasteiger partial charge in [-0.15, -0.1) is 0 Å². The second kappa shape index (κ2) is 8.04. The van der Waals surface area contributed by atoms with Crippen molar-refractivity contribution in [3.05, 3.63) is 59.2 Å². The van der Waals surface area contributed by atoms with E-state index in [1.807, 2.05) is 31.2 Å². The van der Waals surface area contributed by atoms with Crippen LogP contribution < -0.4 is 10.6 Å². The molecule has 0 spiro atoms. The minimum Gasteiger partial charge on any atom is -0.507 e. The average Bonchev–Trinajstić information content (AvgIpc) is 2.59. The Morgan fingerprint density at radius 2 is 1.92 bits per heavy atom. The number of anilines is 1. The molecule has 5 nitrogen and oxygen atoms in total. The predicted octanol–water partition coefficient (Wildman–Crippen LogP) is 3.62. The quantitative estimate of drug-likeness (QED) is 0.743. The van der Waals surface area contributed by atoms with Gasteiger partial charge < -0.3 is 15.7 Å². The third-order valence-electron chi connectivity index (χ3n) is 4.84. The fourth-order valence-corrected chi connectivity index (χ4v) is 2.94. The summed E-state index contributed by atoms with van der Waals surface area (Å²) in [6.07, 6.45) is 3.84. The van der Waals surface area contributed by atoms with Gasteiger partial charge in [0.15, 0.2) is 0 Å². The van der Waals surface area contributed by atoms with Gasteiger partial charge in [0.25, 0.3) is 5.91 Å². The molecule has 1 fully saturated rings. The first-order valence-corrected chi connectivity index (χ1v) is 9.06. The molecule has 0 saturated heterocycles. The molecule has 0 aliphatic heterocycles. The monoisotopic (exact) mass is 352 g/mol. The molecule has 2 aromatic rings. The van der Waals surface area contributed by atoms with E-state index in [4.69, 9.17) is 0 Å². The Morgan fingerprint density at radius 3 is 2.62 bits per heavy atom. The summed E-state index contributed by atoms with van der Waals surface area (Å²) in [5.74, 6) is -0.145. The van der Waals surface area contributed by atoms with Crippen molar-refractivity contribution in [1.29, 1.82) is 0 Å². The number of phenols is 1. The molecule has 136 valence electrons. The lowest BCUT2D eigenvalue weighted by molar-refractivity contribution is -0.122. The summed E-state index contributed by atoms with van der Waals surface area (Å²) in [4.78, 5) is 24.4. The first kappa shape index (κ1) is 18.0. The zero-order valence-corrected chi connectivity index (χ0v) is 14.9. The van der Waals surface area contributed by atoms with Crippen LogP contribution in [0.4, 0.5) is 5.69 Å². The van der Waals surface area contributed by atoms with Crippen molar-refractivity contribution in [2.75, 3.05) is 5.32 Å². The Labute approximate surface area is 153 Å². The fourth-order valence-electron chi connectivity index (χ4n) is 2.94. The second-order valence-corrected chi connectivity index (χ2v) is 6.71. The maximum absolute atomic E-state index is 12.4. The van der Waals surface area contributed by atoms with Crippen molar-refractivity contribution in [1.82, 2.24) is 5.32 Å². The maximum atomic E-state index is 12.4. The van der Waals surface area contributed by atoms with Crippen molar-refractivity contribution >= 4 is 17.5 Å². The van der Waals surface area contributed by atoms with E-state index in [0.717, 1.165) is 42.5 Å². The molecule has 3 rings (SSSR count). The van der Waals surface area contributed by atoms with Crippen LogP contribution in [-0.2, 0) is 17.8 Å². The second-order valence-electron chi connectivity index (χ2n) is 6.71. The highest BCUT2D eigenvalue weighted by Gasteiger charge is 2.25. The summed E-state index contributed by atoms with van der Waals surface area (Å²) in [5.41, 5.74) is 2.90. The highest BCUT2D eigenvalue weighted by Crippen LogP contribution is 2.27. The topological polar surface area (TPSA) is 78.4 Å². The third kappa shape index (κ3) is 4.23. The minimum absolute atomic E-state index is 0.0267. The standard InChI is InChI=1S/C21H24N2O3/c1-2-14-9-10-19(24)18(12-14)21(26)22-13-15-5-3-8-17(11-15)23-20(25)16-6-4-7-16/h3,5,8-12,16,24H,2,4,6-7,13H2,1H3,(H,22,26)(H,23,25). The van der Waals surface area contributed by atoms with E-state index in [-0.39, 0.29) is 29.0 Å². The number of amides is 2. The molecule has 2 amide bonds. The molecule has 0 atom stereocenters.